The van der Waals surface area contributed by atoms with Gasteiger partial charge in [0.25, 0.3) is 0 Å². The van der Waals surface area contributed by atoms with Crippen molar-refractivity contribution < 1.29 is 23.7 Å². The molecule has 28 heavy (non-hydrogen) atoms. The van der Waals surface area contributed by atoms with Crippen molar-refractivity contribution in [1.29, 1.82) is 0 Å². The molecule has 142 valence electrons. The highest BCUT2D eigenvalue weighted by Gasteiger charge is 2.12. The molecule has 0 atom stereocenters. The lowest BCUT2D eigenvalue weighted by molar-refractivity contribution is -0.138. The molecule has 0 amide bonds. The fourth-order valence-corrected chi connectivity index (χ4v) is 2.97. The Balaban J connectivity index is 1.42. The van der Waals surface area contributed by atoms with Crippen LogP contribution in [0.1, 0.15) is 11.1 Å². The molecule has 0 unspecified atom stereocenters. The number of esters is 1. The molecule has 1 aliphatic rings. The summed E-state index contributed by atoms with van der Waals surface area (Å²) in [5, 5.41) is 1.17. The smallest absolute Gasteiger partial charge is 0.331 e. The summed E-state index contributed by atoms with van der Waals surface area (Å²) in [4.78, 5) is 16.4. The second-order valence-electron chi connectivity index (χ2n) is 6.05. The van der Waals surface area contributed by atoms with E-state index in [-0.39, 0.29) is 18.6 Å². The number of rotatable bonds is 5. The summed E-state index contributed by atoms with van der Waals surface area (Å²) in [7, 11) is 1.59. The van der Waals surface area contributed by atoms with Gasteiger partial charge in [-0.15, -0.1) is 0 Å². The Labute approximate surface area is 166 Å². The minimum absolute atomic E-state index is 0.0259. The molecule has 0 N–H and O–H groups in total. The van der Waals surface area contributed by atoms with E-state index in [1.165, 1.54) is 6.08 Å². The molecule has 1 aliphatic heterocycles. The molecule has 0 bridgehead atoms. The van der Waals surface area contributed by atoms with Crippen molar-refractivity contribution in [1.82, 2.24) is 4.98 Å². The van der Waals surface area contributed by atoms with Crippen LogP contribution in [-0.4, -0.2) is 24.9 Å². The molecule has 4 rings (SSSR count). The quantitative estimate of drug-likeness (QED) is 0.361. The van der Waals surface area contributed by atoms with Crippen molar-refractivity contribution in [2.75, 3.05) is 13.9 Å². The summed E-state index contributed by atoms with van der Waals surface area (Å²) in [5.41, 5.74) is 2.15. The van der Waals surface area contributed by atoms with Crippen molar-refractivity contribution in [3.05, 3.63) is 64.8 Å². The number of halogens is 1. The van der Waals surface area contributed by atoms with Gasteiger partial charge in [-0.2, -0.15) is 0 Å². The molecule has 7 heteroatoms. The standard InChI is InChI=1S/C21H16ClNO5/c1-25-16-5-4-14-9-15(21(22)23-17(14)10-16)11-26-20(24)7-3-13-2-6-18-19(8-13)28-12-27-18/h2-10H,11-12H2,1H3. The van der Waals surface area contributed by atoms with Gasteiger partial charge in [-0.05, 0) is 42.0 Å². The van der Waals surface area contributed by atoms with Crippen molar-refractivity contribution in [2.24, 2.45) is 0 Å². The van der Waals surface area contributed by atoms with Crippen molar-refractivity contribution >= 4 is 34.5 Å². The first-order valence-electron chi connectivity index (χ1n) is 8.50. The molecule has 0 radical (unpaired) electrons. The van der Waals surface area contributed by atoms with E-state index in [9.17, 15) is 4.79 Å². The van der Waals surface area contributed by atoms with E-state index in [1.807, 2.05) is 24.3 Å². The van der Waals surface area contributed by atoms with E-state index < -0.39 is 5.97 Å². The van der Waals surface area contributed by atoms with E-state index in [2.05, 4.69) is 4.98 Å². The van der Waals surface area contributed by atoms with Gasteiger partial charge in [0.05, 0.1) is 12.6 Å². The van der Waals surface area contributed by atoms with Crippen LogP contribution in [0, 0.1) is 0 Å². The van der Waals surface area contributed by atoms with Crippen LogP contribution < -0.4 is 14.2 Å². The molecule has 3 aromatic rings. The third-order valence-corrected chi connectivity index (χ3v) is 4.56. The highest BCUT2D eigenvalue weighted by atomic mass is 35.5. The maximum absolute atomic E-state index is 12.0. The topological polar surface area (TPSA) is 66.9 Å². The van der Waals surface area contributed by atoms with E-state index in [0.717, 1.165) is 10.9 Å². The van der Waals surface area contributed by atoms with Gasteiger partial charge in [-0.1, -0.05) is 17.7 Å². The monoisotopic (exact) mass is 397 g/mol. The average Bonchev–Trinajstić information content (AvgIpc) is 3.18. The predicted octanol–water partition coefficient (Wildman–Crippen LogP) is 4.38. The third kappa shape index (κ3) is 3.87. The number of fused-ring (bicyclic) bond motifs is 2. The zero-order valence-corrected chi connectivity index (χ0v) is 15.7. The number of carbonyl (C=O) groups excluding carboxylic acids is 1. The number of benzene rings is 2. The highest BCUT2D eigenvalue weighted by molar-refractivity contribution is 6.30. The van der Waals surface area contributed by atoms with Crippen LogP contribution >= 0.6 is 11.6 Å². The molecular formula is C21H16ClNO5. The Morgan fingerprint density at radius 2 is 2.04 bits per heavy atom. The summed E-state index contributed by atoms with van der Waals surface area (Å²) >= 11 is 6.22. The fraction of sp³-hybridized carbons (Fsp3) is 0.143. The number of hydrogen-bond acceptors (Lipinski definition) is 6. The third-order valence-electron chi connectivity index (χ3n) is 4.23. The summed E-state index contributed by atoms with van der Waals surface area (Å²) in [6, 6.07) is 12.8. The summed E-state index contributed by atoms with van der Waals surface area (Å²) in [6.07, 6.45) is 3.00. The number of methoxy groups -OCH3 is 1. The largest absolute Gasteiger partial charge is 0.497 e. The summed E-state index contributed by atoms with van der Waals surface area (Å²) in [6.45, 7) is 0.232. The number of aromatic nitrogens is 1. The maximum Gasteiger partial charge on any atom is 0.331 e. The van der Waals surface area contributed by atoms with E-state index in [0.29, 0.717) is 28.3 Å². The molecular weight excluding hydrogens is 382 g/mol. The number of nitrogens with zero attached hydrogens (tertiary/aromatic N) is 1. The molecule has 0 saturated heterocycles. The van der Waals surface area contributed by atoms with E-state index >= 15 is 0 Å². The minimum Gasteiger partial charge on any atom is -0.497 e. The normalized spacial score (nSPS) is 12.5. The maximum atomic E-state index is 12.0. The minimum atomic E-state index is -0.483. The fourth-order valence-electron chi connectivity index (χ4n) is 2.77. The van der Waals surface area contributed by atoms with Crippen molar-refractivity contribution in [3.63, 3.8) is 0 Å². The number of carbonyl (C=O) groups is 1. The zero-order valence-electron chi connectivity index (χ0n) is 15.0. The van der Waals surface area contributed by atoms with Crippen LogP contribution in [0.5, 0.6) is 17.2 Å². The van der Waals surface area contributed by atoms with Crippen LogP contribution in [0.2, 0.25) is 5.15 Å². The molecule has 2 heterocycles. The second kappa shape index (κ2) is 7.78. The Hall–Kier alpha value is -3.25. The van der Waals surface area contributed by atoms with Gasteiger partial charge >= 0.3 is 5.97 Å². The molecule has 1 aromatic heterocycles. The van der Waals surface area contributed by atoms with E-state index in [4.69, 9.17) is 30.5 Å². The number of hydrogen-bond donors (Lipinski definition) is 0. The average molecular weight is 398 g/mol. The first kappa shape index (κ1) is 18.1. The predicted molar refractivity (Wildman–Crippen MR) is 105 cm³/mol. The first-order chi connectivity index (χ1) is 13.6. The van der Waals surface area contributed by atoms with Gasteiger partial charge in [0.2, 0.25) is 6.79 Å². The SMILES string of the molecule is COc1ccc2cc(COC(=O)C=Cc3ccc4c(c3)OCO4)c(Cl)nc2c1. The lowest BCUT2D eigenvalue weighted by atomic mass is 10.1. The highest BCUT2D eigenvalue weighted by Crippen LogP contribution is 2.32. The number of pyridine rings is 1. The van der Waals surface area contributed by atoms with Crippen LogP contribution in [0.4, 0.5) is 0 Å². The van der Waals surface area contributed by atoms with Gasteiger partial charge in [-0.25, -0.2) is 9.78 Å². The molecule has 0 fully saturated rings. The molecule has 0 spiro atoms. The zero-order chi connectivity index (χ0) is 19.5. The second-order valence-corrected chi connectivity index (χ2v) is 6.41. The van der Waals surface area contributed by atoms with Crippen LogP contribution in [-0.2, 0) is 16.1 Å². The lowest BCUT2D eigenvalue weighted by Gasteiger charge is -2.07. The Morgan fingerprint density at radius 1 is 1.18 bits per heavy atom. The number of ether oxygens (including phenoxy) is 4. The van der Waals surface area contributed by atoms with E-state index in [1.54, 1.807) is 31.4 Å². The summed E-state index contributed by atoms with van der Waals surface area (Å²) < 4.78 is 21.0. The van der Waals surface area contributed by atoms with Gasteiger partial charge in [-0.3, -0.25) is 0 Å². The molecule has 2 aromatic carbocycles. The molecule has 6 nitrogen and oxygen atoms in total. The Morgan fingerprint density at radius 3 is 2.89 bits per heavy atom. The molecule has 0 saturated carbocycles. The lowest BCUT2D eigenvalue weighted by Crippen LogP contribution is -2.02. The van der Waals surface area contributed by atoms with Crippen LogP contribution in [0.25, 0.3) is 17.0 Å². The Kier molecular flexibility index (Phi) is 5.04. The van der Waals surface area contributed by atoms with Gasteiger partial charge < -0.3 is 18.9 Å². The van der Waals surface area contributed by atoms with Crippen LogP contribution in [0.3, 0.4) is 0 Å². The van der Waals surface area contributed by atoms with Crippen molar-refractivity contribution in [2.45, 2.75) is 6.61 Å². The first-order valence-corrected chi connectivity index (χ1v) is 8.88. The van der Waals surface area contributed by atoms with Crippen LogP contribution in [0.15, 0.2) is 48.5 Å². The van der Waals surface area contributed by atoms with Gasteiger partial charge in [0.15, 0.2) is 11.5 Å². The Bertz CT molecular complexity index is 1080. The van der Waals surface area contributed by atoms with Gasteiger partial charge in [0.1, 0.15) is 17.5 Å². The van der Waals surface area contributed by atoms with Crippen molar-refractivity contribution in [3.8, 4) is 17.2 Å². The molecule has 0 aliphatic carbocycles. The van der Waals surface area contributed by atoms with Gasteiger partial charge in [0, 0.05) is 23.1 Å². The summed E-state index contributed by atoms with van der Waals surface area (Å²) in [5.74, 6) is 1.56.